The average Bonchev–Trinajstić information content (AvgIpc) is 2.24. The van der Waals surface area contributed by atoms with Crippen LogP contribution >= 0.6 is 23.2 Å². The van der Waals surface area contributed by atoms with Crippen molar-refractivity contribution >= 4 is 34.8 Å². The third-order valence-corrected chi connectivity index (χ3v) is 2.71. The van der Waals surface area contributed by atoms with Gasteiger partial charge in [0, 0.05) is 22.0 Å². The highest BCUT2D eigenvalue weighted by Gasteiger charge is 2.27. The van der Waals surface area contributed by atoms with E-state index < -0.39 is 17.7 Å². The quantitative estimate of drug-likeness (QED) is 0.604. The molecule has 2 nitrogen and oxygen atoms in total. The van der Waals surface area contributed by atoms with Gasteiger partial charge in [-0.15, -0.1) is 0 Å². The molecule has 0 N–H and O–H groups in total. The molecule has 1 unspecified atom stereocenters. The molecule has 0 fully saturated rings. The van der Waals surface area contributed by atoms with Crippen LogP contribution in [0.25, 0.3) is 0 Å². The molecule has 0 saturated carbocycles. The number of halogens is 3. The summed E-state index contributed by atoms with van der Waals surface area (Å²) in [4.78, 5) is 23.2. The predicted octanol–water partition coefficient (Wildman–Crippen LogP) is 4.13. The van der Waals surface area contributed by atoms with Crippen LogP contribution in [-0.4, -0.2) is 17.7 Å². The van der Waals surface area contributed by atoms with Crippen LogP contribution in [0.2, 0.25) is 10.0 Å². The van der Waals surface area contributed by atoms with Crippen LogP contribution in [0.3, 0.4) is 0 Å². The Labute approximate surface area is 115 Å². The fraction of sp³-hybridized carbons (Fsp3) is 0.385. The van der Waals surface area contributed by atoms with Crippen LogP contribution in [0, 0.1) is 5.92 Å². The van der Waals surface area contributed by atoms with Gasteiger partial charge in [-0.1, -0.05) is 37.0 Å². The molecule has 0 aliphatic rings. The van der Waals surface area contributed by atoms with E-state index in [2.05, 4.69) is 0 Å². The number of benzene rings is 1. The summed E-state index contributed by atoms with van der Waals surface area (Å²) in [6.45, 7) is 3.57. The fourth-order valence-corrected chi connectivity index (χ4v) is 2.02. The van der Waals surface area contributed by atoms with Gasteiger partial charge in [0.15, 0.2) is 5.78 Å². The van der Waals surface area contributed by atoms with Crippen molar-refractivity contribution in [1.82, 2.24) is 0 Å². The second kappa shape index (κ2) is 6.30. The second-order valence-corrected chi connectivity index (χ2v) is 5.32. The number of hydrogen-bond acceptors (Lipinski definition) is 2. The molecule has 18 heavy (non-hydrogen) atoms. The molecule has 0 radical (unpaired) electrons. The molecular formula is C13H13Cl2FO2. The first-order valence-electron chi connectivity index (χ1n) is 5.48. The minimum absolute atomic E-state index is 0.00602. The summed E-state index contributed by atoms with van der Waals surface area (Å²) < 4.78 is 13.7. The number of rotatable bonds is 5. The average molecular weight is 291 g/mol. The number of alkyl halides is 1. The van der Waals surface area contributed by atoms with Gasteiger partial charge >= 0.3 is 0 Å². The molecule has 0 aromatic heterocycles. The van der Waals surface area contributed by atoms with Crippen LogP contribution < -0.4 is 0 Å². The van der Waals surface area contributed by atoms with Crippen molar-refractivity contribution < 1.29 is 14.0 Å². The Hall–Kier alpha value is -0.930. The third-order valence-electron chi connectivity index (χ3n) is 2.27. The van der Waals surface area contributed by atoms with Crippen molar-refractivity contribution in [3.05, 3.63) is 33.8 Å². The fourth-order valence-electron chi connectivity index (χ4n) is 1.49. The van der Waals surface area contributed by atoms with Crippen LogP contribution in [0.4, 0.5) is 4.39 Å². The van der Waals surface area contributed by atoms with E-state index in [4.69, 9.17) is 23.2 Å². The molecule has 0 bridgehead atoms. The number of Topliss-reactive ketones (excluding diaryl/α,β-unsaturated/α-hetero) is 2. The first kappa shape index (κ1) is 15.1. The lowest BCUT2D eigenvalue weighted by Crippen LogP contribution is -2.26. The van der Waals surface area contributed by atoms with Gasteiger partial charge in [-0.2, -0.15) is 0 Å². The summed E-state index contributed by atoms with van der Waals surface area (Å²) in [6, 6.07) is 4.03. The van der Waals surface area contributed by atoms with Gasteiger partial charge < -0.3 is 0 Å². The highest BCUT2D eigenvalue weighted by molar-refractivity contribution is 6.35. The lowest BCUT2D eigenvalue weighted by molar-refractivity contribution is -0.122. The van der Waals surface area contributed by atoms with E-state index in [1.54, 1.807) is 13.8 Å². The maximum Gasteiger partial charge on any atom is 0.220 e. The minimum Gasteiger partial charge on any atom is -0.296 e. The van der Waals surface area contributed by atoms with Gasteiger partial charge in [0.1, 0.15) is 0 Å². The van der Waals surface area contributed by atoms with Crippen molar-refractivity contribution in [2.24, 2.45) is 5.92 Å². The number of carbonyl (C=O) groups excluding carboxylic acids is 2. The van der Waals surface area contributed by atoms with Gasteiger partial charge in [-0.3, -0.25) is 9.59 Å². The van der Waals surface area contributed by atoms with E-state index in [9.17, 15) is 14.0 Å². The first-order valence-corrected chi connectivity index (χ1v) is 6.24. The molecule has 0 amide bonds. The van der Waals surface area contributed by atoms with E-state index in [-0.39, 0.29) is 27.9 Å². The zero-order valence-electron chi connectivity index (χ0n) is 10.0. The first-order chi connectivity index (χ1) is 8.31. The van der Waals surface area contributed by atoms with Gasteiger partial charge in [0.05, 0.1) is 0 Å². The van der Waals surface area contributed by atoms with Crippen molar-refractivity contribution in [2.75, 3.05) is 0 Å². The molecule has 0 aliphatic carbocycles. The molecule has 0 heterocycles. The number of carbonyl (C=O) groups is 2. The van der Waals surface area contributed by atoms with Gasteiger partial charge in [-0.05, 0) is 24.1 Å². The van der Waals surface area contributed by atoms with Gasteiger partial charge in [-0.25, -0.2) is 4.39 Å². The van der Waals surface area contributed by atoms with Gasteiger partial charge in [0.25, 0.3) is 0 Å². The monoisotopic (exact) mass is 290 g/mol. The Morgan fingerprint density at radius 1 is 1.17 bits per heavy atom. The van der Waals surface area contributed by atoms with Crippen LogP contribution in [-0.2, 0) is 4.79 Å². The maximum absolute atomic E-state index is 13.7. The predicted molar refractivity (Wildman–Crippen MR) is 70.2 cm³/mol. The summed E-state index contributed by atoms with van der Waals surface area (Å²) in [5, 5.41) is 0.462. The summed E-state index contributed by atoms with van der Waals surface area (Å²) in [5.74, 6) is -1.61. The van der Waals surface area contributed by atoms with E-state index in [0.29, 0.717) is 0 Å². The van der Waals surface area contributed by atoms with E-state index in [1.807, 2.05) is 0 Å². The Kier molecular flexibility index (Phi) is 5.29. The van der Waals surface area contributed by atoms with Crippen LogP contribution in [0.15, 0.2) is 18.2 Å². The number of hydrogen-bond donors (Lipinski definition) is 0. The number of ketones is 2. The van der Waals surface area contributed by atoms with Crippen molar-refractivity contribution in [3.8, 4) is 0 Å². The van der Waals surface area contributed by atoms with Crippen molar-refractivity contribution in [3.63, 3.8) is 0 Å². The summed E-state index contributed by atoms with van der Waals surface area (Å²) >= 11 is 11.4. The molecule has 1 rings (SSSR count). The second-order valence-electron chi connectivity index (χ2n) is 4.45. The van der Waals surface area contributed by atoms with Gasteiger partial charge in [0.2, 0.25) is 12.0 Å². The molecule has 1 aromatic carbocycles. The summed E-state index contributed by atoms with van der Waals surface area (Å²) in [6.07, 6.45) is -2.12. The topological polar surface area (TPSA) is 34.1 Å². The third kappa shape index (κ3) is 4.07. The van der Waals surface area contributed by atoms with E-state index in [0.717, 1.165) is 0 Å². The molecule has 0 aliphatic heterocycles. The SMILES string of the molecule is CC(C)CC(=O)C(F)C(=O)c1cc(Cl)cc(Cl)c1. The van der Waals surface area contributed by atoms with Crippen LogP contribution in [0.5, 0.6) is 0 Å². The minimum atomic E-state index is -2.15. The van der Waals surface area contributed by atoms with Crippen molar-refractivity contribution in [1.29, 1.82) is 0 Å². The lowest BCUT2D eigenvalue weighted by atomic mass is 9.98. The molecule has 5 heteroatoms. The summed E-state index contributed by atoms with van der Waals surface area (Å²) in [7, 11) is 0. The van der Waals surface area contributed by atoms with E-state index >= 15 is 0 Å². The normalized spacial score (nSPS) is 12.6. The Morgan fingerprint density at radius 3 is 2.11 bits per heavy atom. The zero-order chi connectivity index (χ0) is 13.9. The largest absolute Gasteiger partial charge is 0.296 e. The Bertz CT molecular complexity index is 452. The molecular weight excluding hydrogens is 278 g/mol. The summed E-state index contributed by atoms with van der Waals surface area (Å²) in [5.41, 5.74) is 0.0112. The molecule has 98 valence electrons. The maximum atomic E-state index is 13.7. The molecule has 0 spiro atoms. The van der Waals surface area contributed by atoms with Crippen LogP contribution in [0.1, 0.15) is 30.6 Å². The highest BCUT2D eigenvalue weighted by Crippen LogP contribution is 2.21. The molecule has 1 atom stereocenters. The standard InChI is InChI=1S/C13H13Cl2FO2/c1-7(2)3-11(17)12(16)13(18)8-4-9(14)6-10(15)5-8/h4-7,12H,3H2,1-2H3. The Morgan fingerprint density at radius 2 is 1.67 bits per heavy atom. The highest BCUT2D eigenvalue weighted by atomic mass is 35.5. The van der Waals surface area contributed by atoms with E-state index in [1.165, 1.54) is 18.2 Å². The smallest absolute Gasteiger partial charge is 0.220 e. The lowest BCUT2D eigenvalue weighted by Gasteiger charge is -2.09. The molecule has 0 saturated heterocycles. The van der Waals surface area contributed by atoms with Crippen molar-refractivity contribution in [2.45, 2.75) is 26.4 Å². The zero-order valence-corrected chi connectivity index (χ0v) is 11.6. The molecule has 1 aromatic rings. The Balaban J connectivity index is 2.89.